The summed E-state index contributed by atoms with van der Waals surface area (Å²) in [5.74, 6) is -0.792. The lowest BCUT2D eigenvalue weighted by Crippen LogP contribution is -2.34. The van der Waals surface area contributed by atoms with Crippen LogP contribution in [0.5, 0.6) is 0 Å². The van der Waals surface area contributed by atoms with Crippen molar-refractivity contribution in [1.29, 1.82) is 0 Å². The van der Waals surface area contributed by atoms with E-state index in [2.05, 4.69) is 42.6 Å². The first-order valence-electron chi connectivity index (χ1n) is 11.0. The van der Waals surface area contributed by atoms with Crippen LogP contribution in [0.3, 0.4) is 0 Å². The van der Waals surface area contributed by atoms with Crippen molar-refractivity contribution in [1.82, 2.24) is 5.32 Å². The molecule has 2 unspecified atom stereocenters. The van der Waals surface area contributed by atoms with Crippen molar-refractivity contribution in [2.45, 2.75) is 38.0 Å². The number of hydrogen-bond donors (Lipinski definition) is 2. The molecule has 162 valence electrons. The molecule has 4 heteroatoms. The zero-order valence-corrected chi connectivity index (χ0v) is 17.9. The van der Waals surface area contributed by atoms with Gasteiger partial charge in [0.25, 0.3) is 0 Å². The summed E-state index contributed by atoms with van der Waals surface area (Å²) < 4.78 is 27.8. The fraction of sp³-hybridized carbons (Fsp3) is 0.333. The van der Waals surface area contributed by atoms with Gasteiger partial charge in [0, 0.05) is 25.1 Å². The van der Waals surface area contributed by atoms with Crippen molar-refractivity contribution in [3.05, 3.63) is 94.6 Å². The van der Waals surface area contributed by atoms with Crippen molar-refractivity contribution in [3.63, 3.8) is 0 Å². The first kappa shape index (κ1) is 21.7. The summed E-state index contributed by atoms with van der Waals surface area (Å²) in [6.07, 6.45) is 2.43. The van der Waals surface area contributed by atoms with Gasteiger partial charge in [-0.2, -0.15) is 0 Å². The molecule has 0 saturated carbocycles. The molecular formula is C27H29F2NO. The Morgan fingerprint density at radius 2 is 1.74 bits per heavy atom. The predicted octanol–water partition coefficient (Wildman–Crippen LogP) is 5.73. The van der Waals surface area contributed by atoms with Gasteiger partial charge in [-0.15, -0.1) is 0 Å². The average Bonchev–Trinajstić information content (AvgIpc) is 2.77. The van der Waals surface area contributed by atoms with Crippen LogP contribution in [0.25, 0.3) is 11.1 Å². The Labute approximate surface area is 182 Å². The number of benzene rings is 3. The van der Waals surface area contributed by atoms with E-state index in [0.29, 0.717) is 0 Å². The molecule has 1 aliphatic heterocycles. The summed E-state index contributed by atoms with van der Waals surface area (Å²) >= 11 is 0. The van der Waals surface area contributed by atoms with Gasteiger partial charge in [0.15, 0.2) is 0 Å². The maximum Gasteiger partial charge on any atom is 0.126 e. The zero-order valence-electron chi connectivity index (χ0n) is 17.9. The van der Waals surface area contributed by atoms with E-state index in [4.69, 9.17) is 0 Å². The molecule has 1 saturated heterocycles. The van der Waals surface area contributed by atoms with Crippen LogP contribution in [0.15, 0.2) is 60.7 Å². The number of piperidine rings is 1. The number of aliphatic hydroxyl groups excluding tert-OH is 1. The normalized spacial score (nSPS) is 18.8. The molecule has 31 heavy (non-hydrogen) atoms. The van der Waals surface area contributed by atoms with Crippen molar-refractivity contribution in [3.8, 4) is 11.1 Å². The molecule has 2 N–H and O–H groups in total. The van der Waals surface area contributed by atoms with Crippen molar-refractivity contribution < 1.29 is 13.9 Å². The van der Waals surface area contributed by atoms with E-state index in [1.54, 1.807) is 0 Å². The predicted molar refractivity (Wildman–Crippen MR) is 121 cm³/mol. The Balaban J connectivity index is 1.67. The lowest BCUT2D eigenvalue weighted by Gasteiger charge is -2.34. The first-order chi connectivity index (χ1) is 15.1. The molecule has 0 aromatic heterocycles. The van der Waals surface area contributed by atoms with Crippen LogP contribution >= 0.6 is 0 Å². The SMILES string of the molecule is Cc1cc(-c2ccccc2CCCO)ccc1C1CNCCC1c1cc(F)cc(F)c1. The van der Waals surface area contributed by atoms with Gasteiger partial charge < -0.3 is 10.4 Å². The first-order valence-corrected chi connectivity index (χ1v) is 11.0. The summed E-state index contributed by atoms with van der Waals surface area (Å²) in [6.45, 7) is 3.93. The Hall–Kier alpha value is -2.56. The van der Waals surface area contributed by atoms with Crippen molar-refractivity contribution in [2.24, 2.45) is 0 Å². The number of hydrogen-bond acceptors (Lipinski definition) is 2. The molecule has 0 spiro atoms. The minimum Gasteiger partial charge on any atom is -0.396 e. The number of rotatable bonds is 6. The second-order valence-electron chi connectivity index (χ2n) is 8.46. The van der Waals surface area contributed by atoms with Crippen LogP contribution in [0, 0.1) is 18.6 Å². The van der Waals surface area contributed by atoms with E-state index < -0.39 is 11.6 Å². The highest BCUT2D eigenvalue weighted by molar-refractivity contribution is 5.68. The van der Waals surface area contributed by atoms with Gasteiger partial charge in [0.2, 0.25) is 0 Å². The van der Waals surface area contributed by atoms with Gasteiger partial charge in [0.1, 0.15) is 11.6 Å². The number of nitrogens with one attached hydrogen (secondary N) is 1. The third-order valence-corrected chi connectivity index (χ3v) is 6.40. The molecule has 3 aromatic rings. The summed E-state index contributed by atoms with van der Waals surface area (Å²) in [5.41, 5.74) is 6.73. The molecular weight excluding hydrogens is 392 g/mol. The van der Waals surface area contributed by atoms with Crippen molar-refractivity contribution >= 4 is 0 Å². The molecule has 1 fully saturated rings. The van der Waals surface area contributed by atoms with Gasteiger partial charge in [-0.3, -0.25) is 0 Å². The standard InChI is InChI=1S/C27H29F2NO/c1-18-13-20(25-7-3-2-5-19(25)6-4-12-31)8-9-24(18)27-17-30-11-10-26(27)21-14-22(28)16-23(29)15-21/h2-3,5,7-9,13-16,26-27,30-31H,4,6,10-12,17H2,1H3. The minimum absolute atomic E-state index is 0.0767. The number of aliphatic hydroxyl groups is 1. The molecule has 0 aliphatic carbocycles. The lowest BCUT2D eigenvalue weighted by molar-refractivity contribution is 0.288. The smallest absolute Gasteiger partial charge is 0.126 e. The van der Waals surface area contributed by atoms with Gasteiger partial charge in [0.05, 0.1) is 0 Å². The summed E-state index contributed by atoms with van der Waals surface area (Å²) in [4.78, 5) is 0. The van der Waals surface area contributed by atoms with E-state index in [1.165, 1.54) is 34.4 Å². The van der Waals surface area contributed by atoms with E-state index in [0.717, 1.165) is 49.5 Å². The number of aryl methyl sites for hydroxylation is 2. The highest BCUT2D eigenvalue weighted by Crippen LogP contribution is 2.40. The quantitative estimate of drug-likeness (QED) is 0.533. The number of halogens is 2. The zero-order chi connectivity index (χ0) is 21.8. The second kappa shape index (κ2) is 9.71. The van der Waals surface area contributed by atoms with Crippen LogP contribution in [0.4, 0.5) is 8.78 Å². The maximum atomic E-state index is 13.9. The Morgan fingerprint density at radius 3 is 2.48 bits per heavy atom. The largest absolute Gasteiger partial charge is 0.396 e. The highest BCUT2D eigenvalue weighted by atomic mass is 19.1. The fourth-order valence-electron chi connectivity index (χ4n) is 4.92. The molecule has 2 nitrogen and oxygen atoms in total. The Morgan fingerprint density at radius 1 is 0.968 bits per heavy atom. The molecule has 0 bridgehead atoms. The fourth-order valence-corrected chi connectivity index (χ4v) is 4.92. The molecule has 0 amide bonds. The summed E-state index contributed by atoms with van der Waals surface area (Å²) in [7, 11) is 0. The van der Waals surface area contributed by atoms with Gasteiger partial charge >= 0.3 is 0 Å². The van der Waals surface area contributed by atoms with Crippen LogP contribution in [0.2, 0.25) is 0 Å². The maximum absolute atomic E-state index is 13.9. The third-order valence-electron chi connectivity index (χ3n) is 6.40. The topological polar surface area (TPSA) is 32.3 Å². The van der Waals surface area contributed by atoms with Gasteiger partial charge in [-0.05, 0) is 84.2 Å². The minimum atomic E-state index is -0.515. The second-order valence-corrected chi connectivity index (χ2v) is 8.46. The van der Waals surface area contributed by atoms with Crippen LogP contribution in [-0.4, -0.2) is 24.8 Å². The van der Waals surface area contributed by atoms with Gasteiger partial charge in [-0.1, -0.05) is 42.5 Å². The van der Waals surface area contributed by atoms with Crippen LogP contribution in [-0.2, 0) is 6.42 Å². The average molecular weight is 422 g/mol. The van der Waals surface area contributed by atoms with E-state index in [1.807, 2.05) is 12.1 Å². The van der Waals surface area contributed by atoms with Crippen LogP contribution in [0.1, 0.15) is 46.9 Å². The molecule has 2 atom stereocenters. The highest BCUT2D eigenvalue weighted by Gasteiger charge is 2.29. The Bertz CT molecular complexity index is 1030. The lowest BCUT2D eigenvalue weighted by atomic mass is 9.75. The van der Waals surface area contributed by atoms with E-state index in [9.17, 15) is 13.9 Å². The van der Waals surface area contributed by atoms with Crippen LogP contribution < -0.4 is 5.32 Å². The third kappa shape index (κ3) is 4.86. The monoisotopic (exact) mass is 421 g/mol. The molecule has 1 heterocycles. The molecule has 0 radical (unpaired) electrons. The summed E-state index contributed by atoms with van der Waals surface area (Å²) in [6, 6.07) is 18.8. The van der Waals surface area contributed by atoms with E-state index in [-0.39, 0.29) is 18.4 Å². The van der Waals surface area contributed by atoms with Crippen molar-refractivity contribution in [2.75, 3.05) is 19.7 Å². The molecule has 3 aromatic carbocycles. The van der Waals surface area contributed by atoms with Gasteiger partial charge in [-0.25, -0.2) is 8.78 Å². The molecule has 4 rings (SSSR count). The summed E-state index contributed by atoms with van der Waals surface area (Å²) in [5, 5.41) is 12.7. The molecule has 1 aliphatic rings. The Kier molecular flexibility index (Phi) is 6.79. The van der Waals surface area contributed by atoms with E-state index >= 15 is 0 Å².